The van der Waals surface area contributed by atoms with Gasteiger partial charge in [0.15, 0.2) is 0 Å². The lowest BCUT2D eigenvalue weighted by Gasteiger charge is -2.12. The number of nitrogens with one attached hydrogen (secondary N) is 1. The van der Waals surface area contributed by atoms with Crippen LogP contribution in [-0.2, 0) is 7.05 Å². The van der Waals surface area contributed by atoms with E-state index in [2.05, 4.69) is 5.10 Å². The van der Waals surface area contributed by atoms with Gasteiger partial charge in [-0.25, -0.2) is 4.39 Å². The minimum Gasteiger partial charge on any atom is -0.343 e. The van der Waals surface area contributed by atoms with E-state index in [1.165, 1.54) is 29.4 Å². The van der Waals surface area contributed by atoms with Crippen molar-refractivity contribution >= 4 is 17.7 Å². The van der Waals surface area contributed by atoms with Crippen molar-refractivity contribution in [3.05, 3.63) is 35.1 Å². The fraction of sp³-hybridized carbons (Fsp3) is 0.333. The third kappa shape index (κ3) is 4.08. The molecule has 0 saturated heterocycles. The van der Waals surface area contributed by atoms with Crippen molar-refractivity contribution in [2.75, 3.05) is 12.8 Å². The number of alkyl halides is 3. The van der Waals surface area contributed by atoms with Crippen LogP contribution in [-0.4, -0.2) is 34.7 Å². The van der Waals surface area contributed by atoms with Gasteiger partial charge in [0.05, 0.1) is 5.69 Å². The van der Waals surface area contributed by atoms with Gasteiger partial charge in [-0.05, 0) is 36.9 Å². The van der Waals surface area contributed by atoms with Crippen LogP contribution < -0.4 is 5.32 Å². The molecule has 4 nitrogen and oxygen atoms in total. The first-order valence-corrected chi connectivity index (χ1v) is 8.08. The summed E-state index contributed by atoms with van der Waals surface area (Å²) in [6.07, 6.45) is -2.70. The van der Waals surface area contributed by atoms with Gasteiger partial charge in [-0.1, -0.05) is 0 Å². The molecule has 1 amide bonds. The first-order chi connectivity index (χ1) is 11.1. The van der Waals surface area contributed by atoms with Crippen LogP contribution in [0.2, 0.25) is 0 Å². The first-order valence-electron chi connectivity index (χ1n) is 6.86. The maximum absolute atomic E-state index is 14.3. The van der Waals surface area contributed by atoms with E-state index in [1.807, 2.05) is 6.26 Å². The van der Waals surface area contributed by atoms with Crippen LogP contribution in [0, 0.1) is 12.7 Å². The normalized spacial score (nSPS) is 11.6. The van der Waals surface area contributed by atoms with Crippen LogP contribution in [0.4, 0.5) is 17.6 Å². The quantitative estimate of drug-likeness (QED) is 0.669. The molecule has 1 aromatic heterocycles. The summed E-state index contributed by atoms with van der Waals surface area (Å²) in [6, 6.07) is 4.02. The average Bonchev–Trinajstić information content (AvgIpc) is 2.85. The van der Waals surface area contributed by atoms with E-state index in [1.54, 1.807) is 18.4 Å². The molecule has 0 fully saturated rings. The molecule has 0 radical (unpaired) electrons. The number of aryl methyl sites for hydroxylation is 2. The molecular formula is C15H15F4N3OS. The molecular weight excluding hydrogens is 346 g/mol. The molecule has 0 atom stereocenters. The zero-order chi connectivity index (χ0) is 18.1. The Balaban J connectivity index is 2.41. The minimum absolute atomic E-state index is 0.0115. The fourth-order valence-corrected chi connectivity index (χ4v) is 2.62. The SMILES string of the molecule is CSc1cc(-c2cc(C(=O)NCC(F)(F)F)c(C)cc2F)n(C)n1. The number of hydrogen-bond donors (Lipinski definition) is 1. The van der Waals surface area contributed by atoms with Gasteiger partial charge in [0.1, 0.15) is 17.4 Å². The zero-order valence-corrected chi connectivity index (χ0v) is 14.0. The Hall–Kier alpha value is -2.03. The molecule has 2 aromatic rings. The van der Waals surface area contributed by atoms with Crippen LogP contribution >= 0.6 is 11.8 Å². The Labute approximate surface area is 140 Å². The molecule has 9 heteroatoms. The average molecular weight is 361 g/mol. The number of carbonyl (C=O) groups excluding carboxylic acids is 1. The monoisotopic (exact) mass is 361 g/mol. The standard InChI is InChI=1S/C15H15F4N3OS/c1-8-4-11(16)10(12-6-13(24-3)21-22(12)2)5-9(8)14(23)20-7-15(17,18)19/h4-6H,7H2,1-3H3,(H,20,23). The van der Waals surface area contributed by atoms with Gasteiger partial charge in [-0.15, -0.1) is 11.8 Å². The Kier molecular flexibility index (Phi) is 5.22. The molecule has 2 rings (SSSR count). The van der Waals surface area contributed by atoms with Gasteiger partial charge in [0, 0.05) is 18.2 Å². The number of thioether (sulfide) groups is 1. The molecule has 0 spiro atoms. The molecule has 0 saturated carbocycles. The topological polar surface area (TPSA) is 46.9 Å². The van der Waals surface area contributed by atoms with Crippen molar-refractivity contribution in [3.8, 4) is 11.3 Å². The number of carbonyl (C=O) groups is 1. The highest BCUT2D eigenvalue weighted by Crippen LogP contribution is 2.28. The van der Waals surface area contributed by atoms with Crippen LogP contribution in [0.5, 0.6) is 0 Å². The Morgan fingerprint density at radius 3 is 2.54 bits per heavy atom. The predicted octanol–water partition coefficient (Wildman–Crippen LogP) is 3.55. The van der Waals surface area contributed by atoms with E-state index < -0.39 is 24.4 Å². The number of benzene rings is 1. The lowest BCUT2D eigenvalue weighted by Crippen LogP contribution is -2.34. The third-order valence-electron chi connectivity index (χ3n) is 3.35. The van der Waals surface area contributed by atoms with Crippen molar-refractivity contribution in [2.45, 2.75) is 18.1 Å². The van der Waals surface area contributed by atoms with Crippen molar-refractivity contribution < 1.29 is 22.4 Å². The predicted molar refractivity (Wildman–Crippen MR) is 83.5 cm³/mol. The highest BCUT2D eigenvalue weighted by Gasteiger charge is 2.28. The Morgan fingerprint density at radius 2 is 2.00 bits per heavy atom. The third-order valence-corrected chi connectivity index (χ3v) is 3.97. The maximum Gasteiger partial charge on any atom is 0.405 e. The molecule has 130 valence electrons. The molecule has 1 aromatic carbocycles. The maximum atomic E-state index is 14.3. The van der Waals surface area contributed by atoms with Crippen LogP contribution in [0.1, 0.15) is 15.9 Å². The summed E-state index contributed by atoms with van der Waals surface area (Å²) in [5.41, 5.74) is 0.778. The molecule has 0 aliphatic heterocycles. The molecule has 1 heterocycles. The summed E-state index contributed by atoms with van der Waals surface area (Å²) >= 11 is 1.37. The number of aromatic nitrogens is 2. The summed E-state index contributed by atoms with van der Waals surface area (Å²) in [6.45, 7) is 0.0201. The summed E-state index contributed by atoms with van der Waals surface area (Å²) < 4.78 is 52.5. The molecule has 0 aliphatic rings. The van der Waals surface area contributed by atoms with Gasteiger partial charge in [0.25, 0.3) is 5.91 Å². The summed E-state index contributed by atoms with van der Waals surface area (Å²) in [5.74, 6) is -1.48. The van der Waals surface area contributed by atoms with Gasteiger partial charge < -0.3 is 5.32 Å². The number of amides is 1. The van der Waals surface area contributed by atoms with Crippen molar-refractivity contribution in [2.24, 2.45) is 7.05 Å². The van der Waals surface area contributed by atoms with Crippen molar-refractivity contribution in [3.63, 3.8) is 0 Å². The molecule has 1 N–H and O–H groups in total. The minimum atomic E-state index is -4.51. The van der Waals surface area contributed by atoms with Crippen molar-refractivity contribution in [1.29, 1.82) is 0 Å². The van der Waals surface area contributed by atoms with Gasteiger partial charge in [0.2, 0.25) is 0 Å². The number of nitrogens with zero attached hydrogens (tertiary/aromatic N) is 2. The number of halogens is 4. The number of rotatable bonds is 4. The second-order valence-electron chi connectivity index (χ2n) is 5.14. The lowest BCUT2D eigenvalue weighted by atomic mass is 10.0. The Morgan fingerprint density at radius 1 is 1.33 bits per heavy atom. The fourth-order valence-electron chi connectivity index (χ4n) is 2.18. The zero-order valence-electron chi connectivity index (χ0n) is 13.2. The van der Waals surface area contributed by atoms with Gasteiger partial charge >= 0.3 is 6.18 Å². The molecule has 0 aliphatic carbocycles. The van der Waals surface area contributed by atoms with E-state index in [0.717, 1.165) is 6.07 Å². The lowest BCUT2D eigenvalue weighted by molar-refractivity contribution is -0.123. The van der Waals surface area contributed by atoms with E-state index in [4.69, 9.17) is 0 Å². The van der Waals surface area contributed by atoms with Gasteiger partial charge in [-0.3, -0.25) is 9.48 Å². The van der Waals surface area contributed by atoms with Crippen LogP contribution in [0.3, 0.4) is 0 Å². The van der Waals surface area contributed by atoms with Crippen LogP contribution in [0.25, 0.3) is 11.3 Å². The molecule has 0 bridgehead atoms. The largest absolute Gasteiger partial charge is 0.405 e. The number of hydrogen-bond acceptors (Lipinski definition) is 3. The van der Waals surface area contributed by atoms with E-state index in [0.29, 0.717) is 10.7 Å². The molecule has 24 heavy (non-hydrogen) atoms. The Bertz CT molecular complexity index is 771. The smallest absolute Gasteiger partial charge is 0.343 e. The first kappa shape index (κ1) is 18.3. The summed E-state index contributed by atoms with van der Waals surface area (Å²) in [7, 11) is 1.62. The highest BCUT2D eigenvalue weighted by atomic mass is 32.2. The van der Waals surface area contributed by atoms with Crippen LogP contribution in [0.15, 0.2) is 23.2 Å². The summed E-state index contributed by atoms with van der Waals surface area (Å²) in [4.78, 5) is 12.0. The summed E-state index contributed by atoms with van der Waals surface area (Å²) in [5, 5.41) is 6.63. The van der Waals surface area contributed by atoms with Crippen molar-refractivity contribution in [1.82, 2.24) is 15.1 Å². The van der Waals surface area contributed by atoms with E-state index in [-0.39, 0.29) is 16.7 Å². The molecule has 0 unspecified atom stereocenters. The highest BCUT2D eigenvalue weighted by molar-refractivity contribution is 7.98. The second-order valence-corrected chi connectivity index (χ2v) is 5.97. The van der Waals surface area contributed by atoms with E-state index in [9.17, 15) is 22.4 Å². The van der Waals surface area contributed by atoms with Gasteiger partial charge in [-0.2, -0.15) is 18.3 Å². The van der Waals surface area contributed by atoms with E-state index >= 15 is 0 Å². The second kappa shape index (κ2) is 6.84.